The van der Waals surface area contributed by atoms with Crippen molar-refractivity contribution in [2.24, 2.45) is 0 Å². The summed E-state index contributed by atoms with van der Waals surface area (Å²) in [6, 6.07) is 7.59. The summed E-state index contributed by atoms with van der Waals surface area (Å²) in [6.07, 6.45) is 0.0933. The van der Waals surface area contributed by atoms with Crippen molar-refractivity contribution in [1.82, 2.24) is 4.98 Å². The normalized spacial score (nSPS) is 12.7. The van der Waals surface area contributed by atoms with Gasteiger partial charge in [0.05, 0.1) is 6.10 Å². The van der Waals surface area contributed by atoms with Gasteiger partial charge < -0.3 is 10.1 Å². The van der Waals surface area contributed by atoms with Crippen LogP contribution in [0.1, 0.15) is 34.2 Å². The molecule has 0 saturated heterocycles. The predicted molar refractivity (Wildman–Crippen MR) is 75.1 cm³/mol. The molecule has 3 heteroatoms. The molecule has 0 amide bonds. The lowest BCUT2D eigenvalue weighted by atomic mass is 10.0. The van der Waals surface area contributed by atoms with E-state index in [2.05, 4.69) is 11.9 Å². The van der Waals surface area contributed by atoms with Crippen LogP contribution in [0.5, 0.6) is 0 Å². The van der Waals surface area contributed by atoms with Crippen LogP contribution in [0.2, 0.25) is 5.02 Å². The lowest BCUT2D eigenvalue weighted by Crippen LogP contribution is -2.04. The molecule has 0 aliphatic heterocycles. The van der Waals surface area contributed by atoms with E-state index in [-0.39, 0.29) is 0 Å². The number of aromatic amines is 1. The number of aliphatic hydroxyl groups is 1. The summed E-state index contributed by atoms with van der Waals surface area (Å²) in [5, 5.41) is 11.0. The van der Waals surface area contributed by atoms with Crippen molar-refractivity contribution >= 4 is 11.6 Å². The zero-order valence-electron chi connectivity index (χ0n) is 10.9. The van der Waals surface area contributed by atoms with Gasteiger partial charge in [0.15, 0.2) is 0 Å². The molecule has 1 atom stereocenters. The molecule has 1 unspecified atom stereocenters. The maximum Gasteiger partial charge on any atom is 0.0980 e. The lowest BCUT2D eigenvalue weighted by molar-refractivity contribution is 0.173. The largest absolute Gasteiger partial charge is 0.387 e. The molecule has 0 bridgehead atoms. The third-order valence-corrected chi connectivity index (χ3v) is 3.78. The Hall–Kier alpha value is -1.25. The highest BCUT2D eigenvalue weighted by molar-refractivity contribution is 6.30. The molecule has 0 spiro atoms. The van der Waals surface area contributed by atoms with Gasteiger partial charge in [-0.2, -0.15) is 0 Å². The fourth-order valence-corrected chi connectivity index (χ4v) is 2.28. The fourth-order valence-electron chi connectivity index (χ4n) is 2.15. The molecule has 96 valence electrons. The monoisotopic (exact) mass is 263 g/mol. The standard InChI is InChI=1S/C15H18ClNO/c1-9-10(2)15(17-11(9)3)14(18)8-12-4-6-13(16)7-5-12/h4-7,14,17-18H,8H2,1-3H3. The van der Waals surface area contributed by atoms with Crippen LogP contribution in [-0.2, 0) is 6.42 Å². The summed E-state index contributed by atoms with van der Waals surface area (Å²) < 4.78 is 0. The first-order valence-corrected chi connectivity index (χ1v) is 6.45. The first-order valence-electron chi connectivity index (χ1n) is 6.07. The number of rotatable bonds is 3. The molecule has 2 N–H and O–H groups in total. The summed E-state index contributed by atoms with van der Waals surface area (Å²) in [5.74, 6) is 0. The number of halogens is 1. The van der Waals surface area contributed by atoms with Crippen LogP contribution < -0.4 is 0 Å². The minimum Gasteiger partial charge on any atom is -0.387 e. The molecular formula is C15H18ClNO. The van der Waals surface area contributed by atoms with Crippen molar-refractivity contribution < 1.29 is 5.11 Å². The van der Waals surface area contributed by atoms with Crippen LogP contribution in [0.3, 0.4) is 0 Å². The summed E-state index contributed by atoms with van der Waals surface area (Å²) >= 11 is 5.85. The van der Waals surface area contributed by atoms with Crippen LogP contribution in [0.25, 0.3) is 0 Å². The molecule has 2 aromatic rings. The van der Waals surface area contributed by atoms with Crippen molar-refractivity contribution in [3.8, 4) is 0 Å². The molecule has 0 saturated carbocycles. The molecule has 0 aliphatic rings. The van der Waals surface area contributed by atoms with Crippen molar-refractivity contribution in [3.05, 3.63) is 57.4 Å². The second-order valence-corrected chi connectivity index (χ2v) is 5.20. The average Bonchev–Trinajstić information content (AvgIpc) is 2.60. The molecule has 2 nitrogen and oxygen atoms in total. The van der Waals surface area contributed by atoms with Crippen molar-refractivity contribution in [2.75, 3.05) is 0 Å². The first kappa shape index (κ1) is 13.2. The third-order valence-electron chi connectivity index (χ3n) is 3.53. The van der Waals surface area contributed by atoms with Gasteiger partial charge >= 0.3 is 0 Å². The molecular weight excluding hydrogens is 246 g/mol. The van der Waals surface area contributed by atoms with E-state index in [1.165, 1.54) is 5.56 Å². The Labute approximate surface area is 113 Å². The molecule has 1 aromatic heterocycles. The predicted octanol–water partition coefficient (Wildman–Crippen LogP) is 3.87. The Kier molecular flexibility index (Phi) is 3.79. The minimum atomic E-state index is -0.501. The van der Waals surface area contributed by atoms with Gasteiger partial charge in [-0.15, -0.1) is 0 Å². The second kappa shape index (κ2) is 5.17. The lowest BCUT2D eigenvalue weighted by Gasteiger charge is -2.11. The fraction of sp³-hybridized carbons (Fsp3) is 0.333. The maximum absolute atomic E-state index is 10.3. The summed E-state index contributed by atoms with van der Waals surface area (Å²) in [4.78, 5) is 3.27. The van der Waals surface area contributed by atoms with Gasteiger partial charge in [-0.3, -0.25) is 0 Å². The molecule has 18 heavy (non-hydrogen) atoms. The van der Waals surface area contributed by atoms with E-state index in [0.29, 0.717) is 6.42 Å². The van der Waals surface area contributed by atoms with Gasteiger partial charge in [-0.25, -0.2) is 0 Å². The Morgan fingerprint density at radius 2 is 1.72 bits per heavy atom. The Morgan fingerprint density at radius 1 is 1.11 bits per heavy atom. The Balaban J connectivity index is 2.19. The van der Waals surface area contributed by atoms with Crippen LogP contribution in [0.4, 0.5) is 0 Å². The Morgan fingerprint density at radius 3 is 2.22 bits per heavy atom. The highest BCUT2D eigenvalue weighted by Crippen LogP contribution is 2.25. The van der Waals surface area contributed by atoms with Gasteiger partial charge in [0.2, 0.25) is 0 Å². The van der Waals surface area contributed by atoms with Crippen molar-refractivity contribution in [3.63, 3.8) is 0 Å². The van der Waals surface area contributed by atoms with E-state index in [4.69, 9.17) is 11.6 Å². The van der Waals surface area contributed by atoms with E-state index in [0.717, 1.165) is 27.5 Å². The van der Waals surface area contributed by atoms with Gasteiger partial charge in [-0.05, 0) is 49.6 Å². The summed E-state index contributed by atoms with van der Waals surface area (Å²) in [5.41, 5.74) is 5.49. The highest BCUT2D eigenvalue weighted by Gasteiger charge is 2.16. The van der Waals surface area contributed by atoms with Crippen LogP contribution in [0.15, 0.2) is 24.3 Å². The van der Waals surface area contributed by atoms with Crippen LogP contribution in [0, 0.1) is 20.8 Å². The SMILES string of the molecule is Cc1[nH]c(C(O)Cc2ccc(Cl)cc2)c(C)c1C. The number of hydrogen-bond donors (Lipinski definition) is 2. The highest BCUT2D eigenvalue weighted by atomic mass is 35.5. The Bertz CT molecular complexity index is 542. The average molecular weight is 264 g/mol. The van der Waals surface area contributed by atoms with E-state index in [1.54, 1.807) is 0 Å². The number of nitrogens with one attached hydrogen (secondary N) is 1. The molecule has 0 radical (unpaired) electrons. The number of aryl methyl sites for hydroxylation is 1. The minimum absolute atomic E-state index is 0.501. The van der Waals surface area contributed by atoms with E-state index < -0.39 is 6.10 Å². The maximum atomic E-state index is 10.3. The van der Waals surface area contributed by atoms with Gasteiger partial charge in [0.25, 0.3) is 0 Å². The van der Waals surface area contributed by atoms with Gasteiger partial charge in [-0.1, -0.05) is 23.7 Å². The molecule has 1 heterocycles. The van der Waals surface area contributed by atoms with Crippen LogP contribution in [-0.4, -0.2) is 10.1 Å². The summed E-state index contributed by atoms with van der Waals surface area (Å²) in [6.45, 7) is 6.14. The first-order chi connectivity index (χ1) is 8.49. The number of H-pyrrole nitrogens is 1. The third kappa shape index (κ3) is 2.60. The van der Waals surface area contributed by atoms with Crippen molar-refractivity contribution in [2.45, 2.75) is 33.3 Å². The van der Waals surface area contributed by atoms with Gasteiger partial charge in [0.1, 0.15) is 0 Å². The van der Waals surface area contributed by atoms with Crippen LogP contribution >= 0.6 is 11.6 Å². The quantitative estimate of drug-likeness (QED) is 0.866. The van der Waals surface area contributed by atoms with E-state index in [1.807, 2.05) is 38.1 Å². The molecule has 1 aromatic carbocycles. The topological polar surface area (TPSA) is 36.0 Å². The molecule has 2 rings (SSSR count). The molecule has 0 aliphatic carbocycles. The number of aromatic nitrogens is 1. The molecule has 0 fully saturated rings. The number of aliphatic hydroxyl groups excluding tert-OH is 1. The zero-order valence-corrected chi connectivity index (χ0v) is 11.7. The van der Waals surface area contributed by atoms with E-state index in [9.17, 15) is 5.11 Å². The smallest absolute Gasteiger partial charge is 0.0980 e. The zero-order chi connectivity index (χ0) is 13.3. The summed E-state index contributed by atoms with van der Waals surface area (Å²) in [7, 11) is 0. The van der Waals surface area contributed by atoms with Gasteiger partial charge in [0, 0.05) is 22.8 Å². The van der Waals surface area contributed by atoms with Crippen molar-refractivity contribution in [1.29, 1.82) is 0 Å². The second-order valence-electron chi connectivity index (χ2n) is 4.76. The number of benzene rings is 1. The van der Waals surface area contributed by atoms with E-state index >= 15 is 0 Å². The number of hydrogen-bond acceptors (Lipinski definition) is 1.